The zero-order valence-corrected chi connectivity index (χ0v) is 11.4. The van der Waals surface area contributed by atoms with Gasteiger partial charge in [0.25, 0.3) is 15.7 Å². The van der Waals surface area contributed by atoms with Crippen LogP contribution in [0.3, 0.4) is 0 Å². The molecule has 0 aliphatic carbocycles. The lowest BCUT2D eigenvalue weighted by Gasteiger charge is -2.06. The third-order valence-corrected chi connectivity index (χ3v) is 3.78. The van der Waals surface area contributed by atoms with Crippen LogP contribution in [-0.2, 0) is 10.0 Å². The van der Waals surface area contributed by atoms with Gasteiger partial charge in [-0.1, -0.05) is 0 Å². The maximum absolute atomic E-state index is 11.4. The van der Waals surface area contributed by atoms with Crippen LogP contribution in [0, 0.1) is 10.1 Å². The summed E-state index contributed by atoms with van der Waals surface area (Å²) in [7, 11) is -3.71. The number of benzene rings is 2. The zero-order chi connectivity index (χ0) is 15.5. The Hall–Kier alpha value is -2.49. The first-order chi connectivity index (χ1) is 9.92. The van der Waals surface area contributed by atoms with Crippen LogP contribution < -0.4 is 15.4 Å². The second kappa shape index (κ2) is 5.87. The molecule has 2 aromatic rings. The standard InChI is InChI=1S/C12H11N3O5S/c13-14-21(18,19)12-7-5-11(6-8-12)20-10-3-1-9(2-4-10)15(16)17/h1-8,14H,13H2. The van der Waals surface area contributed by atoms with E-state index in [2.05, 4.69) is 0 Å². The summed E-state index contributed by atoms with van der Waals surface area (Å²) in [5.41, 5.74) is -0.0437. The number of hydrogen-bond donors (Lipinski definition) is 2. The molecule has 21 heavy (non-hydrogen) atoms. The van der Waals surface area contributed by atoms with Crippen molar-refractivity contribution in [3.8, 4) is 11.5 Å². The molecule has 0 aliphatic heterocycles. The molecule has 8 nitrogen and oxygen atoms in total. The predicted molar refractivity (Wildman–Crippen MR) is 74.1 cm³/mol. The summed E-state index contributed by atoms with van der Waals surface area (Å²) in [5.74, 6) is 5.70. The van der Waals surface area contributed by atoms with Crippen molar-refractivity contribution >= 4 is 15.7 Å². The quantitative estimate of drug-likeness (QED) is 0.490. The Bertz CT molecular complexity index is 741. The van der Waals surface area contributed by atoms with E-state index in [0.717, 1.165) is 0 Å². The third-order valence-electron chi connectivity index (χ3n) is 2.57. The van der Waals surface area contributed by atoms with E-state index >= 15 is 0 Å². The Morgan fingerprint density at radius 2 is 1.48 bits per heavy atom. The number of non-ortho nitro benzene ring substituents is 1. The number of nitrogens with one attached hydrogen (secondary N) is 1. The van der Waals surface area contributed by atoms with Crippen molar-refractivity contribution in [2.24, 2.45) is 5.84 Å². The second-order valence-corrected chi connectivity index (χ2v) is 5.66. The van der Waals surface area contributed by atoms with Crippen LogP contribution in [0.25, 0.3) is 0 Å². The molecule has 110 valence electrons. The van der Waals surface area contributed by atoms with Gasteiger partial charge in [-0.2, -0.15) is 4.83 Å². The fourth-order valence-corrected chi connectivity index (χ4v) is 2.16. The van der Waals surface area contributed by atoms with E-state index < -0.39 is 14.9 Å². The minimum absolute atomic E-state index is 0.000972. The second-order valence-electron chi connectivity index (χ2n) is 3.95. The molecular weight excluding hydrogens is 298 g/mol. The van der Waals surface area contributed by atoms with E-state index in [1.807, 2.05) is 0 Å². The highest BCUT2D eigenvalue weighted by atomic mass is 32.2. The van der Waals surface area contributed by atoms with Crippen molar-refractivity contribution < 1.29 is 18.1 Å². The number of nitrogens with two attached hydrogens (primary N) is 1. The molecule has 0 fully saturated rings. The molecule has 0 saturated heterocycles. The number of rotatable bonds is 5. The van der Waals surface area contributed by atoms with Crippen LogP contribution in [0.5, 0.6) is 11.5 Å². The average molecular weight is 309 g/mol. The van der Waals surface area contributed by atoms with Crippen molar-refractivity contribution in [2.75, 3.05) is 0 Å². The van der Waals surface area contributed by atoms with Gasteiger partial charge in [-0.3, -0.25) is 16.0 Å². The lowest BCUT2D eigenvalue weighted by atomic mass is 10.3. The molecular formula is C12H11N3O5S. The molecule has 0 amide bonds. The Morgan fingerprint density at radius 3 is 1.90 bits per heavy atom. The van der Waals surface area contributed by atoms with Crippen molar-refractivity contribution in [2.45, 2.75) is 4.90 Å². The molecule has 3 N–H and O–H groups in total. The molecule has 2 rings (SSSR count). The summed E-state index contributed by atoms with van der Waals surface area (Å²) >= 11 is 0. The fraction of sp³-hybridized carbons (Fsp3) is 0. The van der Waals surface area contributed by atoms with Gasteiger partial charge >= 0.3 is 0 Å². The van der Waals surface area contributed by atoms with Gasteiger partial charge in [0, 0.05) is 12.1 Å². The molecule has 9 heteroatoms. The van der Waals surface area contributed by atoms with E-state index in [1.54, 1.807) is 4.83 Å². The van der Waals surface area contributed by atoms with Gasteiger partial charge in [0.15, 0.2) is 0 Å². The zero-order valence-electron chi connectivity index (χ0n) is 10.6. The molecule has 0 spiro atoms. The minimum Gasteiger partial charge on any atom is -0.457 e. The van der Waals surface area contributed by atoms with E-state index in [-0.39, 0.29) is 10.6 Å². The average Bonchev–Trinajstić information content (AvgIpc) is 2.48. The van der Waals surface area contributed by atoms with Crippen LogP contribution in [0.4, 0.5) is 5.69 Å². The first kappa shape index (κ1) is 14.9. The van der Waals surface area contributed by atoms with Crippen LogP contribution in [0.15, 0.2) is 53.4 Å². The summed E-state index contributed by atoms with van der Waals surface area (Å²) in [6, 6.07) is 11.1. The highest BCUT2D eigenvalue weighted by Crippen LogP contribution is 2.24. The molecule has 2 aromatic carbocycles. The number of nitrogens with zero attached hydrogens (tertiary/aromatic N) is 1. The fourth-order valence-electron chi connectivity index (χ4n) is 1.53. The number of ether oxygens (including phenoxy) is 1. The maximum atomic E-state index is 11.4. The van der Waals surface area contributed by atoms with Crippen LogP contribution in [0.2, 0.25) is 0 Å². The van der Waals surface area contributed by atoms with Crippen molar-refractivity contribution in [1.82, 2.24) is 4.83 Å². The van der Waals surface area contributed by atoms with Gasteiger partial charge in [-0.15, -0.1) is 0 Å². The normalized spacial score (nSPS) is 11.1. The van der Waals surface area contributed by atoms with E-state index in [9.17, 15) is 18.5 Å². The number of nitro benzene ring substituents is 1. The van der Waals surface area contributed by atoms with Gasteiger partial charge in [-0.05, 0) is 36.4 Å². The summed E-state index contributed by atoms with van der Waals surface area (Å²) in [6.07, 6.45) is 0. The Morgan fingerprint density at radius 1 is 1.00 bits per heavy atom. The molecule has 0 radical (unpaired) electrons. The molecule has 0 aliphatic rings. The number of hydrogen-bond acceptors (Lipinski definition) is 6. The molecule has 0 aromatic heterocycles. The summed E-state index contributed by atoms with van der Waals surface area (Å²) in [5, 5.41) is 10.5. The van der Waals surface area contributed by atoms with E-state index in [0.29, 0.717) is 11.5 Å². The highest BCUT2D eigenvalue weighted by molar-refractivity contribution is 7.89. The van der Waals surface area contributed by atoms with Crippen LogP contribution >= 0.6 is 0 Å². The highest BCUT2D eigenvalue weighted by Gasteiger charge is 2.11. The smallest absolute Gasteiger partial charge is 0.269 e. The molecule has 0 heterocycles. The molecule has 0 unspecified atom stereocenters. The summed E-state index contributed by atoms with van der Waals surface area (Å²) in [4.78, 5) is 11.7. The van der Waals surface area contributed by atoms with E-state index in [4.69, 9.17) is 10.6 Å². The monoisotopic (exact) mass is 309 g/mol. The Labute approximate surface area is 120 Å². The van der Waals surface area contributed by atoms with Crippen molar-refractivity contribution in [3.05, 3.63) is 58.6 Å². The first-order valence-corrected chi connectivity index (χ1v) is 7.15. The maximum Gasteiger partial charge on any atom is 0.269 e. The van der Waals surface area contributed by atoms with Gasteiger partial charge < -0.3 is 4.74 Å². The molecule has 0 saturated carbocycles. The predicted octanol–water partition coefficient (Wildman–Crippen LogP) is 1.54. The minimum atomic E-state index is -3.71. The van der Waals surface area contributed by atoms with Gasteiger partial charge in [0.1, 0.15) is 11.5 Å². The summed E-state index contributed by atoms with van der Waals surface area (Å²) in [6.45, 7) is 0. The van der Waals surface area contributed by atoms with E-state index in [1.165, 1.54) is 48.5 Å². The lowest BCUT2D eigenvalue weighted by Crippen LogP contribution is -2.30. The van der Waals surface area contributed by atoms with Gasteiger partial charge in [0.2, 0.25) is 0 Å². The SMILES string of the molecule is NNS(=O)(=O)c1ccc(Oc2ccc([N+](=O)[O-])cc2)cc1. The van der Waals surface area contributed by atoms with Crippen molar-refractivity contribution in [3.63, 3.8) is 0 Å². The molecule has 0 bridgehead atoms. The van der Waals surface area contributed by atoms with Crippen LogP contribution in [-0.4, -0.2) is 13.3 Å². The number of nitro groups is 1. The van der Waals surface area contributed by atoms with Crippen LogP contribution in [0.1, 0.15) is 0 Å². The van der Waals surface area contributed by atoms with Gasteiger partial charge in [0.05, 0.1) is 9.82 Å². The Balaban J connectivity index is 2.15. The largest absolute Gasteiger partial charge is 0.457 e. The topological polar surface area (TPSA) is 125 Å². The molecule has 0 atom stereocenters. The lowest BCUT2D eigenvalue weighted by molar-refractivity contribution is -0.384. The number of sulfonamides is 1. The third kappa shape index (κ3) is 3.54. The van der Waals surface area contributed by atoms with Gasteiger partial charge in [-0.25, -0.2) is 8.42 Å². The van der Waals surface area contributed by atoms with Crippen molar-refractivity contribution in [1.29, 1.82) is 0 Å². The number of hydrazine groups is 1. The first-order valence-electron chi connectivity index (χ1n) is 5.67. The summed E-state index contributed by atoms with van der Waals surface area (Å²) < 4.78 is 28.3. The Kier molecular flexibility index (Phi) is 4.17.